The predicted molar refractivity (Wildman–Crippen MR) is 255 cm³/mol. The van der Waals surface area contributed by atoms with Gasteiger partial charge in [-0.15, -0.1) is 0 Å². The second-order valence-corrected chi connectivity index (χ2v) is 15.9. The van der Waals surface area contributed by atoms with E-state index in [2.05, 4.69) is 44.8 Å². The highest BCUT2D eigenvalue weighted by molar-refractivity contribution is 5.32. The number of hydrogen-bond acceptors (Lipinski definition) is 6. The Morgan fingerprint density at radius 2 is 0.632 bits per heavy atom. The smallest absolute Gasteiger partial charge is 0.290 e. The molecule has 0 bridgehead atoms. The van der Waals surface area contributed by atoms with Crippen LogP contribution < -0.4 is 5.32 Å². The molecular weight excluding hydrogens is 709 g/mol. The largest absolute Gasteiger partial charge is 0.483 e. The number of carbonyl (C=O) groups is 3. The molecule has 0 spiro atoms. The molecule has 0 aromatic heterocycles. The molecule has 0 unspecified atom stereocenters. The zero-order valence-corrected chi connectivity index (χ0v) is 40.2. The molecule has 0 saturated carbocycles. The van der Waals surface area contributed by atoms with Crippen molar-refractivity contribution in [3.05, 3.63) is 0 Å². The lowest BCUT2D eigenvalue weighted by molar-refractivity contribution is -0.122. The fraction of sp³-hybridized carbons (Fsp3) is 0.940. The number of nitrogens with one attached hydrogen (secondary N) is 1. The highest BCUT2D eigenvalue weighted by Gasteiger charge is 2.09. The number of aliphatic hydroxyl groups excluding tert-OH is 1. The van der Waals surface area contributed by atoms with Crippen LogP contribution in [0.3, 0.4) is 0 Å². The van der Waals surface area contributed by atoms with Gasteiger partial charge in [0.05, 0.1) is 0 Å². The lowest BCUT2D eigenvalue weighted by Gasteiger charge is -2.22. The SMILES string of the molecule is C=O.C=O.CCCCCCCCC(CCCCCCCC)CCCCCCCN(CCCC)CCCCCCCC.CCCCCCCCCO.CNC.O=CO. The fourth-order valence-corrected chi connectivity index (χ4v) is 7.06. The summed E-state index contributed by atoms with van der Waals surface area (Å²) < 4.78 is 0. The number of aliphatic hydroxyl groups is 1. The maximum Gasteiger partial charge on any atom is 0.290 e. The molecular formula is C50H108N2O5. The molecule has 0 aromatic carbocycles. The van der Waals surface area contributed by atoms with Gasteiger partial charge in [0.1, 0.15) is 13.6 Å². The van der Waals surface area contributed by atoms with E-state index in [4.69, 9.17) is 24.6 Å². The Bertz CT molecular complexity index is 587. The summed E-state index contributed by atoms with van der Waals surface area (Å²) in [6, 6.07) is 0. The van der Waals surface area contributed by atoms with Gasteiger partial charge < -0.3 is 30.0 Å². The third-order valence-electron chi connectivity index (χ3n) is 10.4. The lowest BCUT2D eigenvalue weighted by Crippen LogP contribution is -2.27. The van der Waals surface area contributed by atoms with Gasteiger partial charge >= 0.3 is 0 Å². The van der Waals surface area contributed by atoms with Crippen LogP contribution in [0.5, 0.6) is 0 Å². The number of carbonyl (C=O) groups excluding carboxylic acids is 2. The second-order valence-electron chi connectivity index (χ2n) is 15.9. The van der Waals surface area contributed by atoms with Crippen LogP contribution in [0, 0.1) is 5.92 Å². The first-order chi connectivity index (χ1) is 28.0. The van der Waals surface area contributed by atoms with Gasteiger partial charge in [-0.3, -0.25) is 4.79 Å². The Morgan fingerprint density at radius 1 is 0.421 bits per heavy atom. The summed E-state index contributed by atoms with van der Waals surface area (Å²) in [6.07, 6.45) is 49.6. The zero-order valence-electron chi connectivity index (χ0n) is 40.2. The van der Waals surface area contributed by atoms with E-state index < -0.39 is 0 Å². The average molecular weight is 817 g/mol. The minimum atomic E-state index is -0.250. The Labute approximate surface area is 359 Å². The van der Waals surface area contributed by atoms with E-state index in [1.54, 1.807) is 0 Å². The molecule has 0 atom stereocenters. The van der Waals surface area contributed by atoms with Crippen molar-refractivity contribution in [1.29, 1.82) is 0 Å². The minimum absolute atomic E-state index is 0.250. The number of nitrogens with zero attached hydrogens (tertiary/aromatic N) is 1. The topological polar surface area (TPSA) is 107 Å². The minimum Gasteiger partial charge on any atom is -0.483 e. The normalized spacial score (nSPS) is 10.1. The van der Waals surface area contributed by atoms with Crippen LogP contribution in [0.4, 0.5) is 0 Å². The van der Waals surface area contributed by atoms with E-state index >= 15 is 0 Å². The molecule has 7 nitrogen and oxygen atoms in total. The first-order valence-corrected chi connectivity index (χ1v) is 24.6. The predicted octanol–water partition coefficient (Wildman–Crippen LogP) is 14.8. The van der Waals surface area contributed by atoms with Gasteiger partial charge in [0.25, 0.3) is 6.47 Å². The number of hydrogen-bond donors (Lipinski definition) is 3. The summed E-state index contributed by atoms with van der Waals surface area (Å²) in [5.41, 5.74) is 0. The third kappa shape index (κ3) is 79.5. The molecule has 7 heteroatoms. The van der Waals surface area contributed by atoms with Crippen LogP contribution >= 0.6 is 0 Å². The summed E-state index contributed by atoms with van der Waals surface area (Å²) >= 11 is 0. The molecule has 0 aliphatic heterocycles. The summed E-state index contributed by atoms with van der Waals surface area (Å²) in [4.78, 5) is 27.2. The lowest BCUT2D eigenvalue weighted by atomic mass is 9.89. The molecule has 348 valence electrons. The van der Waals surface area contributed by atoms with Crippen LogP contribution in [0.15, 0.2) is 0 Å². The number of carboxylic acid groups (broad SMARTS) is 1. The Morgan fingerprint density at radius 3 is 0.895 bits per heavy atom. The van der Waals surface area contributed by atoms with Gasteiger partial charge in [-0.1, -0.05) is 234 Å². The third-order valence-corrected chi connectivity index (χ3v) is 10.4. The highest BCUT2D eigenvalue weighted by Crippen LogP contribution is 2.25. The molecule has 0 rings (SSSR count). The van der Waals surface area contributed by atoms with Crippen molar-refractivity contribution in [3.8, 4) is 0 Å². The summed E-state index contributed by atoms with van der Waals surface area (Å²) in [5, 5.41) is 18.1. The molecule has 57 heavy (non-hydrogen) atoms. The zero-order chi connectivity index (χ0) is 44.1. The van der Waals surface area contributed by atoms with Crippen molar-refractivity contribution in [1.82, 2.24) is 10.2 Å². The van der Waals surface area contributed by atoms with Gasteiger partial charge in [0, 0.05) is 6.61 Å². The van der Waals surface area contributed by atoms with Gasteiger partial charge in [-0.25, -0.2) is 0 Å². The molecule has 0 heterocycles. The second kappa shape index (κ2) is 75.5. The fourth-order valence-electron chi connectivity index (χ4n) is 7.06. The van der Waals surface area contributed by atoms with E-state index in [-0.39, 0.29) is 6.47 Å². The van der Waals surface area contributed by atoms with Crippen molar-refractivity contribution in [2.24, 2.45) is 5.92 Å². The summed E-state index contributed by atoms with van der Waals surface area (Å²) in [5.74, 6) is 1.03. The maximum atomic E-state index is 8.47. The van der Waals surface area contributed by atoms with Gasteiger partial charge in [-0.2, -0.15) is 0 Å². The van der Waals surface area contributed by atoms with E-state index in [0.29, 0.717) is 6.61 Å². The van der Waals surface area contributed by atoms with Gasteiger partial charge in [0.2, 0.25) is 0 Å². The van der Waals surface area contributed by atoms with E-state index in [0.717, 1.165) is 12.3 Å². The highest BCUT2D eigenvalue weighted by atomic mass is 16.3. The number of unbranched alkanes of at least 4 members (excludes halogenated alkanes) is 26. The van der Waals surface area contributed by atoms with Crippen LogP contribution in [0.25, 0.3) is 0 Å². The average Bonchev–Trinajstić information content (AvgIpc) is 3.23. The first kappa shape index (κ1) is 67.5. The van der Waals surface area contributed by atoms with Gasteiger partial charge in [0.15, 0.2) is 0 Å². The standard InChI is InChI=1S/C36H75N.C9H20O.C2H7N.CH2O2.2CH2O/c1-5-9-13-16-20-25-30-36(31-26-21-17-14-10-6-2)32-27-22-19-24-29-35-37(33-12-8-4)34-28-23-18-15-11-7-3;1-2-3-4-5-6-7-8-9-10;1-3-2;2-1-3;2*1-2/h36H,5-35H2,1-4H3;10H,2-9H2,1H3;3H,1-2H3;1H,(H,2,3);2*1H2. The molecule has 0 amide bonds. The molecule has 0 aliphatic carbocycles. The molecule has 0 fully saturated rings. The summed E-state index contributed by atoms with van der Waals surface area (Å²) in [7, 11) is 3.75. The van der Waals surface area contributed by atoms with Gasteiger partial charge in [-0.05, 0) is 65.3 Å². The monoisotopic (exact) mass is 817 g/mol. The van der Waals surface area contributed by atoms with Crippen LogP contribution in [-0.2, 0) is 14.4 Å². The van der Waals surface area contributed by atoms with Crippen molar-refractivity contribution in [2.45, 2.75) is 259 Å². The van der Waals surface area contributed by atoms with Crippen molar-refractivity contribution >= 4 is 20.1 Å². The van der Waals surface area contributed by atoms with E-state index in [9.17, 15) is 0 Å². The van der Waals surface area contributed by atoms with E-state index in [1.165, 1.54) is 238 Å². The van der Waals surface area contributed by atoms with Crippen molar-refractivity contribution in [2.75, 3.05) is 40.3 Å². The van der Waals surface area contributed by atoms with E-state index in [1.807, 2.05) is 27.7 Å². The molecule has 3 N–H and O–H groups in total. The molecule has 0 saturated heterocycles. The van der Waals surface area contributed by atoms with Crippen molar-refractivity contribution in [3.63, 3.8) is 0 Å². The Balaban J connectivity index is -0.000000268. The number of rotatable bonds is 39. The Kier molecular flexibility index (Phi) is 89.4. The maximum absolute atomic E-state index is 8.47. The van der Waals surface area contributed by atoms with Crippen LogP contribution in [-0.4, -0.2) is 75.5 Å². The van der Waals surface area contributed by atoms with Crippen LogP contribution in [0.1, 0.15) is 259 Å². The van der Waals surface area contributed by atoms with Crippen LogP contribution in [0.2, 0.25) is 0 Å². The summed E-state index contributed by atoms with van der Waals surface area (Å²) in [6.45, 7) is 19.7. The quantitative estimate of drug-likeness (QED) is 0.0419. The first-order valence-electron chi connectivity index (χ1n) is 24.6. The molecule has 0 radical (unpaired) electrons. The molecule has 0 aliphatic rings. The Hall–Kier alpha value is -1.31. The molecule has 0 aromatic rings. The van der Waals surface area contributed by atoms with Crippen molar-refractivity contribution < 1.29 is 24.6 Å².